The number of benzene rings is 2. The van der Waals surface area contributed by atoms with E-state index in [9.17, 15) is 4.79 Å². The molecule has 1 atom stereocenters. The van der Waals surface area contributed by atoms with Crippen LogP contribution in [-0.2, 0) is 0 Å². The van der Waals surface area contributed by atoms with Gasteiger partial charge in [-0.05, 0) is 61.9 Å². The van der Waals surface area contributed by atoms with E-state index in [0.717, 1.165) is 17.0 Å². The van der Waals surface area contributed by atoms with Crippen LogP contribution in [0.1, 0.15) is 21.3 Å². The summed E-state index contributed by atoms with van der Waals surface area (Å²) in [5.41, 5.74) is 2.91. The number of likely N-dealkylation sites (N-methyl/N-ethyl adjacent to an activating group) is 1. The predicted octanol–water partition coefficient (Wildman–Crippen LogP) is 4.64. The van der Waals surface area contributed by atoms with Crippen molar-refractivity contribution in [2.75, 3.05) is 27.7 Å². The first-order valence-corrected chi connectivity index (χ1v) is 11.2. The number of para-hydroxylation sites is 1. The maximum Gasteiger partial charge on any atom is 0.255 e. The van der Waals surface area contributed by atoms with Gasteiger partial charge in [0, 0.05) is 23.2 Å². The minimum atomic E-state index is -0.151. The van der Waals surface area contributed by atoms with Crippen molar-refractivity contribution in [2.45, 2.75) is 6.04 Å². The van der Waals surface area contributed by atoms with Crippen molar-refractivity contribution in [1.29, 1.82) is 0 Å². The van der Waals surface area contributed by atoms with Gasteiger partial charge in [0.1, 0.15) is 11.4 Å². The summed E-state index contributed by atoms with van der Waals surface area (Å²) in [6.45, 7) is 0.505. The van der Waals surface area contributed by atoms with Crippen LogP contribution < -0.4 is 10.1 Å². The molecular formula is C25H26N4O2S. The number of aromatic nitrogens is 2. The number of amides is 1. The maximum atomic E-state index is 13.3. The van der Waals surface area contributed by atoms with Crippen LogP contribution in [0.15, 0.2) is 78.3 Å². The molecule has 164 valence electrons. The second kappa shape index (κ2) is 9.80. The van der Waals surface area contributed by atoms with E-state index in [2.05, 4.69) is 21.7 Å². The fourth-order valence-electron chi connectivity index (χ4n) is 3.52. The number of ether oxygens (including phenoxy) is 1. The predicted molar refractivity (Wildman–Crippen MR) is 129 cm³/mol. The normalized spacial score (nSPS) is 12.0. The van der Waals surface area contributed by atoms with Gasteiger partial charge in [-0.25, -0.2) is 4.68 Å². The smallest absolute Gasteiger partial charge is 0.255 e. The molecule has 0 spiro atoms. The molecule has 2 aromatic carbocycles. The molecule has 0 aliphatic rings. The van der Waals surface area contributed by atoms with Crippen molar-refractivity contribution >= 4 is 17.2 Å². The van der Waals surface area contributed by atoms with Crippen molar-refractivity contribution in [1.82, 2.24) is 20.0 Å². The molecule has 1 unspecified atom stereocenters. The fraction of sp³-hybridized carbons (Fsp3) is 0.200. The van der Waals surface area contributed by atoms with Gasteiger partial charge in [0.2, 0.25) is 0 Å². The second-order valence-corrected chi connectivity index (χ2v) is 8.58. The van der Waals surface area contributed by atoms with Crippen molar-refractivity contribution < 1.29 is 9.53 Å². The minimum Gasteiger partial charge on any atom is -0.497 e. The number of nitrogens with one attached hydrogen (secondary N) is 1. The summed E-state index contributed by atoms with van der Waals surface area (Å²) in [4.78, 5) is 16.6. The number of nitrogens with zero attached hydrogens (tertiary/aromatic N) is 3. The summed E-state index contributed by atoms with van der Waals surface area (Å²) in [5.74, 6) is 0.605. The lowest BCUT2D eigenvalue weighted by atomic mass is 10.1. The molecule has 0 aliphatic carbocycles. The standard InChI is InChI=1S/C25H26N4O2S/c1-28(2)22(23-10-7-15-32-23)16-26-25(30)21-17-29(19-8-5-4-6-9-19)27-24(21)18-11-13-20(31-3)14-12-18/h4-15,17,22H,16H2,1-3H3,(H,26,30). The summed E-state index contributed by atoms with van der Waals surface area (Å²) >= 11 is 1.69. The molecule has 7 heteroatoms. The van der Waals surface area contributed by atoms with Crippen molar-refractivity contribution in [3.63, 3.8) is 0 Å². The molecule has 4 rings (SSSR count). The van der Waals surface area contributed by atoms with Crippen molar-refractivity contribution in [2.24, 2.45) is 0 Å². The van der Waals surface area contributed by atoms with E-state index >= 15 is 0 Å². The Morgan fingerprint density at radius 2 is 1.84 bits per heavy atom. The second-order valence-electron chi connectivity index (χ2n) is 7.60. The number of carbonyl (C=O) groups is 1. The Labute approximate surface area is 192 Å². The quantitative estimate of drug-likeness (QED) is 0.428. The zero-order chi connectivity index (χ0) is 22.5. The third-order valence-electron chi connectivity index (χ3n) is 5.29. The number of rotatable bonds is 8. The zero-order valence-electron chi connectivity index (χ0n) is 18.4. The SMILES string of the molecule is COc1ccc(-c2nn(-c3ccccc3)cc2C(=O)NCC(c2cccs2)N(C)C)cc1. The highest BCUT2D eigenvalue weighted by Crippen LogP contribution is 2.27. The molecule has 6 nitrogen and oxygen atoms in total. The van der Waals surface area contributed by atoms with Gasteiger partial charge in [0.25, 0.3) is 5.91 Å². The number of thiophene rings is 1. The third kappa shape index (κ3) is 4.74. The maximum absolute atomic E-state index is 13.3. The monoisotopic (exact) mass is 446 g/mol. The molecule has 0 aliphatic heterocycles. The lowest BCUT2D eigenvalue weighted by molar-refractivity contribution is 0.0943. The van der Waals surface area contributed by atoms with Crippen LogP contribution in [0.25, 0.3) is 16.9 Å². The van der Waals surface area contributed by atoms with Gasteiger partial charge in [-0.15, -0.1) is 11.3 Å². The largest absolute Gasteiger partial charge is 0.497 e. The molecule has 0 saturated heterocycles. The first-order chi connectivity index (χ1) is 15.6. The highest BCUT2D eigenvalue weighted by molar-refractivity contribution is 7.10. The van der Waals surface area contributed by atoms with Gasteiger partial charge in [-0.1, -0.05) is 24.3 Å². The van der Waals surface area contributed by atoms with E-state index < -0.39 is 0 Å². The van der Waals surface area contributed by atoms with Gasteiger partial charge < -0.3 is 15.0 Å². The van der Waals surface area contributed by atoms with Gasteiger partial charge in [-0.3, -0.25) is 4.79 Å². The van der Waals surface area contributed by atoms with Crippen LogP contribution in [-0.4, -0.2) is 48.3 Å². The summed E-state index contributed by atoms with van der Waals surface area (Å²) in [7, 11) is 5.67. The lowest BCUT2D eigenvalue weighted by Crippen LogP contribution is -2.34. The van der Waals surface area contributed by atoms with Crippen molar-refractivity contribution in [3.05, 3.63) is 88.7 Å². The van der Waals surface area contributed by atoms with E-state index in [1.807, 2.05) is 74.8 Å². The Morgan fingerprint density at radius 1 is 1.09 bits per heavy atom. The average molecular weight is 447 g/mol. The Balaban J connectivity index is 1.64. The molecule has 32 heavy (non-hydrogen) atoms. The average Bonchev–Trinajstić information content (AvgIpc) is 3.50. The van der Waals surface area contributed by atoms with Crippen LogP contribution >= 0.6 is 11.3 Å². The zero-order valence-corrected chi connectivity index (χ0v) is 19.2. The van der Waals surface area contributed by atoms with Crippen LogP contribution in [0, 0.1) is 0 Å². The Kier molecular flexibility index (Phi) is 6.68. The van der Waals surface area contributed by atoms with Gasteiger partial charge >= 0.3 is 0 Å². The summed E-state index contributed by atoms with van der Waals surface area (Å²) in [6.07, 6.45) is 1.79. The molecule has 0 bridgehead atoms. The van der Waals surface area contributed by atoms with Crippen LogP contribution in [0.5, 0.6) is 5.75 Å². The third-order valence-corrected chi connectivity index (χ3v) is 6.27. The first kappa shape index (κ1) is 21.8. The van der Waals surface area contributed by atoms with E-state index in [4.69, 9.17) is 9.84 Å². The Bertz CT molecular complexity index is 1150. The molecule has 1 amide bonds. The summed E-state index contributed by atoms with van der Waals surface area (Å²) in [5, 5.41) is 9.92. The first-order valence-electron chi connectivity index (χ1n) is 10.3. The van der Waals surface area contributed by atoms with E-state index in [1.165, 1.54) is 4.88 Å². The molecule has 2 heterocycles. The highest BCUT2D eigenvalue weighted by atomic mass is 32.1. The Morgan fingerprint density at radius 3 is 2.47 bits per heavy atom. The number of methoxy groups -OCH3 is 1. The molecule has 0 radical (unpaired) electrons. The lowest BCUT2D eigenvalue weighted by Gasteiger charge is -2.23. The van der Waals surface area contributed by atoms with E-state index in [0.29, 0.717) is 17.8 Å². The number of hydrogen-bond acceptors (Lipinski definition) is 5. The van der Waals surface area contributed by atoms with Gasteiger partial charge in [-0.2, -0.15) is 5.10 Å². The number of hydrogen-bond donors (Lipinski definition) is 1. The molecule has 0 fully saturated rings. The summed E-state index contributed by atoms with van der Waals surface area (Å²) in [6, 6.07) is 21.6. The van der Waals surface area contributed by atoms with E-state index in [1.54, 1.807) is 29.3 Å². The topological polar surface area (TPSA) is 59.4 Å². The van der Waals surface area contributed by atoms with Crippen LogP contribution in [0.2, 0.25) is 0 Å². The molecule has 0 saturated carbocycles. The highest BCUT2D eigenvalue weighted by Gasteiger charge is 2.21. The molecule has 2 aromatic heterocycles. The fourth-order valence-corrected chi connectivity index (χ4v) is 4.44. The van der Waals surface area contributed by atoms with Crippen molar-refractivity contribution in [3.8, 4) is 22.7 Å². The molecule has 1 N–H and O–H groups in total. The number of carbonyl (C=O) groups excluding carboxylic acids is 1. The Hall–Kier alpha value is -3.42. The molecular weight excluding hydrogens is 420 g/mol. The van der Waals surface area contributed by atoms with Gasteiger partial charge in [0.15, 0.2) is 0 Å². The van der Waals surface area contributed by atoms with Gasteiger partial charge in [0.05, 0.1) is 24.4 Å². The summed E-state index contributed by atoms with van der Waals surface area (Å²) < 4.78 is 7.02. The molecule has 4 aromatic rings. The van der Waals surface area contributed by atoms with Crippen LogP contribution in [0.3, 0.4) is 0 Å². The van der Waals surface area contributed by atoms with E-state index in [-0.39, 0.29) is 11.9 Å². The minimum absolute atomic E-state index is 0.104. The van der Waals surface area contributed by atoms with Crippen LogP contribution in [0.4, 0.5) is 0 Å².